The average Bonchev–Trinajstić information content (AvgIpc) is 2.99. The van der Waals surface area contributed by atoms with E-state index in [-0.39, 0.29) is 40.5 Å². The number of benzene rings is 4. The third-order valence-corrected chi connectivity index (χ3v) is 8.73. The molecule has 0 bridgehead atoms. The van der Waals surface area contributed by atoms with Crippen molar-refractivity contribution in [3.8, 4) is 11.5 Å². The van der Waals surface area contributed by atoms with Gasteiger partial charge in [-0.3, -0.25) is 14.9 Å². The second-order valence-corrected chi connectivity index (χ2v) is 14.2. The monoisotopic (exact) mass is 737 g/mol. The van der Waals surface area contributed by atoms with E-state index in [1.165, 1.54) is 12.1 Å². The van der Waals surface area contributed by atoms with Crippen molar-refractivity contribution in [2.45, 2.75) is 43.7 Å². The van der Waals surface area contributed by atoms with E-state index in [0.29, 0.717) is 17.4 Å². The standard InChI is InChI=1S/C32H30Cl3N3O9S/c1-32(2,3)47-31(40)36-26(30(39)37-48(43,44)21-11-12-23(33)27(18-21)38(41)42)17-19-15-24(34)29(25(35)16-19)46-14-13-45-28-10-6-8-20-7-4-5-9-22(20)28/h4-12,15-16,18,26H,13-14,17H2,1-3H3,(H,36,40)(H,37,39)/t26-/m0/s1. The summed E-state index contributed by atoms with van der Waals surface area (Å²) in [7, 11) is -4.65. The van der Waals surface area contributed by atoms with Gasteiger partial charge in [-0.1, -0.05) is 71.2 Å². The molecule has 16 heteroatoms. The first kappa shape index (κ1) is 36.5. The van der Waals surface area contributed by atoms with Gasteiger partial charge < -0.3 is 19.5 Å². The first-order valence-electron chi connectivity index (χ1n) is 14.3. The molecule has 48 heavy (non-hydrogen) atoms. The number of sulfonamides is 1. The number of nitro benzene ring substituents is 1. The highest BCUT2D eigenvalue weighted by Crippen LogP contribution is 2.35. The number of alkyl carbamates (subject to hydrolysis) is 1. The van der Waals surface area contributed by atoms with Crippen LogP contribution in [-0.2, 0) is 26.0 Å². The third kappa shape index (κ3) is 9.63. The Bertz CT molecular complexity index is 1940. The van der Waals surface area contributed by atoms with Gasteiger partial charge in [-0.2, -0.15) is 0 Å². The lowest BCUT2D eigenvalue weighted by Crippen LogP contribution is -2.50. The van der Waals surface area contributed by atoms with Gasteiger partial charge in [0, 0.05) is 17.9 Å². The minimum atomic E-state index is -4.65. The number of amides is 2. The summed E-state index contributed by atoms with van der Waals surface area (Å²) in [6, 6.07) is 17.6. The molecule has 0 saturated heterocycles. The molecule has 0 aliphatic rings. The summed E-state index contributed by atoms with van der Waals surface area (Å²) < 4.78 is 44.8. The summed E-state index contributed by atoms with van der Waals surface area (Å²) in [6.07, 6.45) is -1.30. The molecular weight excluding hydrogens is 709 g/mol. The molecule has 2 amide bonds. The summed E-state index contributed by atoms with van der Waals surface area (Å²) in [5.41, 5.74) is -1.29. The SMILES string of the molecule is CC(C)(C)OC(=O)N[C@@H](Cc1cc(Cl)c(OCCOc2cccc3ccccc23)c(Cl)c1)C(=O)NS(=O)(=O)c1ccc(Cl)c([N+](=O)[O-])c1. The molecule has 12 nitrogen and oxygen atoms in total. The zero-order chi connectivity index (χ0) is 35.2. The largest absolute Gasteiger partial charge is 0.489 e. The minimum Gasteiger partial charge on any atom is -0.489 e. The summed E-state index contributed by atoms with van der Waals surface area (Å²) in [4.78, 5) is 35.7. The predicted octanol–water partition coefficient (Wildman–Crippen LogP) is 7.11. The van der Waals surface area contributed by atoms with E-state index in [9.17, 15) is 28.1 Å². The molecule has 2 N–H and O–H groups in total. The lowest BCUT2D eigenvalue weighted by molar-refractivity contribution is -0.384. The maximum Gasteiger partial charge on any atom is 0.408 e. The van der Waals surface area contributed by atoms with Crippen molar-refractivity contribution in [3.05, 3.63) is 104 Å². The molecule has 4 aromatic carbocycles. The Hall–Kier alpha value is -4.30. The van der Waals surface area contributed by atoms with E-state index in [0.717, 1.165) is 22.9 Å². The summed E-state index contributed by atoms with van der Waals surface area (Å²) in [5, 5.41) is 15.5. The number of carbonyl (C=O) groups is 2. The predicted molar refractivity (Wildman–Crippen MR) is 182 cm³/mol. The van der Waals surface area contributed by atoms with E-state index in [1.807, 2.05) is 47.2 Å². The van der Waals surface area contributed by atoms with Crippen molar-refractivity contribution >= 4 is 73.3 Å². The number of hydrogen-bond acceptors (Lipinski definition) is 9. The topological polar surface area (TPSA) is 163 Å². The second-order valence-electron chi connectivity index (χ2n) is 11.3. The Kier molecular flexibility index (Phi) is 11.6. The molecule has 0 aromatic heterocycles. The summed E-state index contributed by atoms with van der Waals surface area (Å²) in [6.45, 7) is 5.07. The van der Waals surface area contributed by atoms with Gasteiger partial charge in [-0.05, 0) is 62.1 Å². The number of halogens is 3. The maximum absolute atomic E-state index is 13.3. The van der Waals surface area contributed by atoms with Crippen LogP contribution in [-0.4, -0.2) is 50.2 Å². The van der Waals surface area contributed by atoms with Crippen LogP contribution in [0.1, 0.15) is 26.3 Å². The van der Waals surface area contributed by atoms with Crippen LogP contribution >= 0.6 is 34.8 Å². The number of nitro groups is 1. The van der Waals surface area contributed by atoms with Gasteiger partial charge in [0.05, 0.1) is 19.9 Å². The molecule has 0 aliphatic heterocycles. The molecule has 254 valence electrons. The molecule has 0 heterocycles. The first-order valence-corrected chi connectivity index (χ1v) is 16.9. The van der Waals surface area contributed by atoms with Crippen LogP contribution in [0.2, 0.25) is 15.1 Å². The van der Waals surface area contributed by atoms with Crippen LogP contribution in [0.5, 0.6) is 11.5 Å². The average molecular weight is 739 g/mol. The fourth-order valence-corrected chi connectivity index (χ4v) is 6.31. The van der Waals surface area contributed by atoms with Crippen molar-refractivity contribution in [2.75, 3.05) is 13.2 Å². The van der Waals surface area contributed by atoms with Gasteiger partial charge in [0.15, 0.2) is 5.75 Å². The smallest absolute Gasteiger partial charge is 0.408 e. The van der Waals surface area contributed by atoms with Gasteiger partial charge in [0.25, 0.3) is 21.6 Å². The zero-order valence-electron chi connectivity index (χ0n) is 25.8. The van der Waals surface area contributed by atoms with Crippen LogP contribution in [0.15, 0.2) is 77.7 Å². The van der Waals surface area contributed by atoms with Crippen molar-refractivity contribution in [1.82, 2.24) is 10.0 Å². The van der Waals surface area contributed by atoms with Crippen LogP contribution in [0, 0.1) is 10.1 Å². The minimum absolute atomic E-state index is 0.0835. The number of fused-ring (bicyclic) bond motifs is 1. The molecule has 0 radical (unpaired) electrons. The van der Waals surface area contributed by atoms with Gasteiger partial charge in [0.2, 0.25) is 0 Å². The van der Waals surface area contributed by atoms with Gasteiger partial charge in [0.1, 0.15) is 35.6 Å². The van der Waals surface area contributed by atoms with Crippen molar-refractivity contribution in [1.29, 1.82) is 0 Å². The number of nitrogens with one attached hydrogen (secondary N) is 2. The van der Waals surface area contributed by atoms with Crippen molar-refractivity contribution in [2.24, 2.45) is 0 Å². The Morgan fingerprint density at radius 3 is 2.21 bits per heavy atom. The van der Waals surface area contributed by atoms with E-state index in [1.54, 1.807) is 20.8 Å². The Labute approximate surface area is 291 Å². The van der Waals surface area contributed by atoms with E-state index in [4.69, 9.17) is 49.0 Å². The Balaban J connectivity index is 1.49. The summed E-state index contributed by atoms with van der Waals surface area (Å²) >= 11 is 18.8. The second kappa shape index (κ2) is 15.3. The van der Waals surface area contributed by atoms with Crippen LogP contribution in [0.25, 0.3) is 10.8 Å². The zero-order valence-corrected chi connectivity index (χ0v) is 28.9. The molecule has 4 aromatic rings. The fraction of sp³-hybridized carbons (Fsp3) is 0.250. The van der Waals surface area contributed by atoms with Crippen molar-refractivity contribution in [3.63, 3.8) is 0 Å². The lowest BCUT2D eigenvalue weighted by atomic mass is 10.1. The normalized spacial score (nSPS) is 12.2. The molecular formula is C32H30Cl3N3O9S. The third-order valence-electron chi connectivity index (χ3n) is 6.50. The molecule has 0 saturated carbocycles. The number of hydrogen-bond donors (Lipinski definition) is 2. The van der Waals surface area contributed by atoms with Crippen LogP contribution < -0.4 is 19.5 Å². The number of carbonyl (C=O) groups excluding carboxylic acids is 2. The van der Waals surface area contributed by atoms with Crippen molar-refractivity contribution < 1.29 is 37.1 Å². The Morgan fingerprint density at radius 1 is 0.896 bits per heavy atom. The van der Waals surface area contributed by atoms with Gasteiger partial charge in [-0.25, -0.2) is 17.9 Å². The first-order chi connectivity index (χ1) is 22.5. The molecule has 0 unspecified atom stereocenters. The molecule has 0 spiro atoms. The number of rotatable bonds is 12. The maximum atomic E-state index is 13.3. The lowest BCUT2D eigenvalue weighted by Gasteiger charge is -2.23. The van der Waals surface area contributed by atoms with Gasteiger partial charge >= 0.3 is 6.09 Å². The molecule has 0 aliphatic carbocycles. The van der Waals surface area contributed by atoms with Crippen LogP contribution in [0.3, 0.4) is 0 Å². The quantitative estimate of drug-likeness (QED) is 0.0876. The van der Waals surface area contributed by atoms with Crippen LogP contribution in [0.4, 0.5) is 10.5 Å². The highest BCUT2D eigenvalue weighted by Gasteiger charge is 2.30. The summed E-state index contributed by atoms with van der Waals surface area (Å²) in [5.74, 6) is -0.337. The molecule has 0 fully saturated rings. The molecule has 1 atom stereocenters. The Morgan fingerprint density at radius 2 is 1.54 bits per heavy atom. The van der Waals surface area contributed by atoms with E-state index >= 15 is 0 Å². The molecule has 4 rings (SSSR count). The number of nitrogens with zero attached hydrogens (tertiary/aromatic N) is 1. The highest BCUT2D eigenvalue weighted by molar-refractivity contribution is 7.90. The van der Waals surface area contributed by atoms with E-state index in [2.05, 4.69) is 5.32 Å². The fourth-order valence-electron chi connectivity index (χ4n) is 4.44. The number of ether oxygens (including phenoxy) is 3. The van der Waals surface area contributed by atoms with E-state index < -0.39 is 49.2 Å². The highest BCUT2D eigenvalue weighted by atomic mass is 35.5. The van der Waals surface area contributed by atoms with Gasteiger partial charge in [-0.15, -0.1) is 0 Å².